The van der Waals surface area contributed by atoms with Gasteiger partial charge in [-0.3, -0.25) is 9.69 Å². The van der Waals surface area contributed by atoms with Crippen molar-refractivity contribution in [1.82, 2.24) is 15.2 Å². The number of nitrogens with one attached hydrogen (secondary N) is 1. The number of fused-ring (bicyclic) bond motifs is 1. The van der Waals surface area contributed by atoms with E-state index < -0.39 is 5.97 Å². The van der Waals surface area contributed by atoms with E-state index in [0.29, 0.717) is 36.6 Å². The number of furan rings is 1. The largest absolute Gasteiger partial charge is 0.465 e. The molecule has 0 atom stereocenters. The highest BCUT2D eigenvalue weighted by molar-refractivity contribution is 7.18. The summed E-state index contributed by atoms with van der Waals surface area (Å²) in [6.45, 7) is 2.90. The number of thiazole rings is 1. The van der Waals surface area contributed by atoms with E-state index in [2.05, 4.69) is 10.3 Å². The zero-order valence-electron chi connectivity index (χ0n) is 16.2. The molecule has 148 valence electrons. The lowest BCUT2D eigenvalue weighted by Gasteiger charge is -2.14. The van der Waals surface area contributed by atoms with Crippen molar-refractivity contribution in [3.63, 3.8) is 0 Å². The molecule has 3 rings (SSSR count). The molecule has 1 N–H and O–H groups in total. The van der Waals surface area contributed by atoms with Gasteiger partial charge in [0.2, 0.25) is 5.91 Å². The zero-order chi connectivity index (χ0) is 20.1. The molecule has 0 aliphatic carbocycles. The van der Waals surface area contributed by atoms with E-state index in [4.69, 9.17) is 9.15 Å². The second kappa shape index (κ2) is 8.99. The molecular weight excluding hydrogens is 378 g/mol. The summed E-state index contributed by atoms with van der Waals surface area (Å²) in [5.41, 5.74) is 1.40. The third-order valence-corrected chi connectivity index (χ3v) is 5.31. The molecule has 8 heteroatoms. The molecule has 0 saturated carbocycles. The highest BCUT2D eigenvalue weighted by atomic mass is 32.1. The van der Waals surface area contributed by atoms with Gasteiger partial charge in [-0.15, -0.1) is 11.3 Å². The Labute approximate surface area is 167 Å². The number of benzene rings is 1. The first-order valence-corrected chi connectivity index (χ1v) is 9.75. The van der Waals surface area contributed by atoms with Crippen molar-refractivity contribution in [3.05, 3.63) is 52.4 Å². The molecule has 0 fully saturated rings. The minimum Gasteiger partial charge on any atom is -0.465 e. The maximum absolute atomic E-state index is 12.2. The van der Waals surface area contributed by atoms with E-state index >= 15 is 0 Å². The van der Waals surface area contributed by atoms with Gasteiger partial charge in [0.05, 0.1) is 35.4 Å². The molecule has 0 spiro atoms. The van der Waals surface area contributed by atoms with Gasteiger partial charge in [-0.05, 0) is 32.2 Å². The summed E-state index contributed by atoms with van der Waals surface area (Å²) in [5, 5.41) is 3.93. The van der Waals surface area contributed by atoms with Crippen molar-refractivity contribution in [2.45, 2.75) is 19.9 Å². The van der Waals surface area contributed by atoms with Crippen molar-refractivity contribution in [2.75, 3.05) is 27.2 Å². The number of amides is 1. The maximum Gasteiger partial charge on any atom is 0.341 e. The smallest absolute Gasteiger partial charge is 0.341 e. The highest BCUT2D eigenvalue weighted by Gasteiger charge is 2.17. The summed E-state index contributed by atoms with van der Waals surface area (Å²) >= 11 is 1.65. The van der Waals surface area contributed by atoms with Gasteiger partial charge in [-0.2, -0.15) is 0 Å². The molecule has 0 unspecified atom stereocenters. The van der Waals surface area contributed by atoms with E-state index in [0.717, 1.165) is 15.2 Å². The van der Waals surface area contributed by atoms with Crippen LogP contribution in [0, 0.1) is 6.92 Å². The maximum atomic E-state index is 12.2. The fourth-order valence-electron chi connectivity index (χ4n) is 2.89. The number of aryl methyl sites for hydroxylation is 1. The van der Waals surface area contributed by atoms with E-state index in [1.807, 2.05) is 36.2 Å². The van der Waals surface area contributed by atoms with Crippen LogP contribution in [0.1, 0.15) is 26.9 Å². The van der Waals surface area contributed by atoms with Crippen LogP contribution in [0.5, 0.6) is 0 Å². The van der Waals surface area contributed by atoms with Crippen molar-refractivity contribution in [3.8, 4) is 0 Å². The van der Waals surface area contributed by atoms with Gasteiger partial charge in [0, 0.05) is 13.0 Å². The highest BCUT2D eigenvalue weighted by Crippen LogP contribution is 2.21. The number of esters is 1. The summed E-state index contributed by atoms with van der Waals surface area (Å²) in [7, 11) is 3.15. The second-order valence-electron chi connectivity index (χ2n) is 6.52. The quantitative estimate of drug-likeness (QED) is 0.584. The van der Waals surface area contributed by atoms with E-state index in [1.54, 1.807) is 24.3 Å². The number of para-hydroxylation sites is 1. The third kappa shape index (κ3) is 4.96. The lowest BCUT2D eigenvalue weighted by Crippen LogP contribution is -2.35. The van der Waals surface area contributed by atoms with Crippen LogP contribution < -0.4 is 5.32 Å². The topological polar surface area (TPSA) is 84.7 Å². The van der Waals surface area contributed by atoms with E-state index in [1.165, 1.54) is 7.11 Å². The van der Waals surface area contributed by atoms with Gasteiger partial charge in [-0.25, -0.2) is 9.78 Å². The molecule has 0 saturated heterocycles. The number of hydrogen-bond donors (Lipinski definition) is 1. The molecule has 7 nitrogen and oxygen atoms in total. The van der Waals surface area contributed by atoms with Crippen molar-refractivity contribution in [2.24, 2.45) is 0 Å². The van der Waals surface area contributed by atoms with Crippen LogP contribution in [0.2, 0.25) is 0 Å². The summed E-state index contributed by atoms with van der Waals surface area (Å²) in [5.74, 6) is 0.626. The Morgan fingerprint density at radius 3 is 2.86 bits per heavy atom. The van der Waals surface area contributed by atoms with Crippen LogP contribution in [0.15, 0.2) is 34.7 Å². The fourth-order valence-corrected chi connectivity index (χ4v) is 3.86. The first-order valence-electron chi connectivity index (χ1n) is 8.93. The standard InChI is InChI=1S/C20H23N3O4S/c1-13-15(20(25)26-3)10-14(27-13)11-23(2)12-18(24)21-9-8-19-22-16-6-4-5-7-17(16)28-19/h4-7,10H,8-9,11-12H2,1-3H3,(H,21,24). The number of carbonyl (C=O) groups is 2. The lowest BCUT2D eigenvalue weighted by molar-refractivity contribution is -0.122. The Hall–Kier alpha value is -2.71. The van der Waals surface area contributed by atoms with Gasteiger partial charge in [0.25, 0.3) is 0 Å². The molecule has 28 heavy (non-hydrogen) atoms. The SMILES string of the molecule is COC(=O)c1cc(CN(C)CC(=O)NCCc2nc3ccccc3s2)oc1C. The molecule has 0 radical (unpaired) electrons. The predicted molar refractivity (Wildman–Crippen MR) is 107 cm³/mol. The Kier molecular flexibility index (Phi) is 6.43. The van der Waals surface area contributed by atoms with Gasteiger partial charge in [0.1, 0.15) is 17.1 Å². The Bertz CT molecular complexity index is 946. The molecule has 3 aromatic rings. The second-order valence-corrected chi connectivity index (χ2v) is 7.64. The Morgan fingerprint density at radius 1 is 1.32 bits per heavy atom. The number of methoxy groups -OCH3 is 1. The Morgan fingerprint density at radius 2 is 2.11 bits per heavy atom. The van der Waals surface area contributed by atoms with E-state index in [9.17, 15) is 9.59 Å². The third-order valence-electron chi connectivity index (χ3n) is 4.21. The van der Waals surface area contributed by atoms with Crippen LogP contribution in [-0.2, 0) is 22.5 Å². The summed E-state index contributed by atoms with van der Waals surface area (Å²) in [6, 6.07) is 9.66. The van der Waals surface area contributed by atoms with Gasteiger partial charge in [-0.1, -0.05) is 12.1 Å². The normalized spacial score (nSPS) is 11.1. The minimum atomic E-state index is -0.428. The Balaban J connectivity index is 1.44. The molecule has 1 amide bonds. The lowest BCUT2D eigenvalue weighted by atomic mass is 10.2. The number of likely N-dealkylation sites (N-methyl/N-ethyl adjacent to an activating group) is 1. The van der Waals surface area contributed by atoms with E-state index in [-0.39, 0.29) is 12.5 Å². The average Bonchev–Trinajstić information content (AvgIpc) is 3.23. The van der Waals surface area contributed by atoms with Gasteiger partial charge < -0.3 is 14.5 Å². The first-order chi connectivity index (χ1) is 13.5. The van der Waals surface area contributed by atoms with Crippen molar-refractivity contribution >= 4 is 33.4 Å². The van der Waals surface area contributed by atoms with Crippen molar-refractivity contribution < 1.29 is 18.7 Å². The molecule has 1 aromatic carbocycles. The van der Waals surface area contributed by atoms with Crippen LogP contribution in [0.4, 0.5) is 0 Å². The van der Waals surface area contributed by atoms with Crippen LogP contribution in [0.25, 0.3) is 10.2 Å². The van der Waals surface area contributed by atoms with Crippen molar-refractivity contribution in [1.29, 1.82) is 0 Å². The summed E-state index contributed by atoms with van der Waals surface area (Å²) < 4.78 is 11.5. The van der Waals surface area contributed by atoms with Gasteiger partial charge >= 0.3 is 5.97 Å². The molecule has 0 bridgehead atoms. The first kappa shape index (κ1) is 20.0. The number of ether oxygens (including phenoxy) is 1. The monoisotopic (exact) mass is 401 g/mol. The number of carbonyl (C=O) groups excluding carboxylic acids is 2. The van der Waals surface area contributed by atoms with Crippen LogP contribution >= 0.6 is 11.3 Å². The minimum absolute atomic E-state index is 0.0694. The average molecular weight is 401 g/mol. The van der Waals surface area contributed by atoms with Crippen LogP contribution in [-0.4, -0.2) is 49.0 Å². The molecule has 2 heterocycles. The summed E-state index contributed by atoms with van der Waals surface area (Å²) in [6.07, 6.45) is 0.703. The molecule has 2 aromatic heterocycles. The number of aromatic nitrogens is 1. The summed E-state index contributed by atoms with van der Waals surface area (Å²) in [4.78, 5) is 30.2. The number of nitrogens with zero attached hydrogens (tertiary/aromatic N) is 2. The number of hydrogen-bond acceptors (Lipinski definition) is 7. The van der Waals surface area contributed by atoms with Gasteiger partial charge in [0.15, 0.2) is 0 Å². The van der Waals surface area contributed by atoms with Crippen LogP contribution in [0.3, 0.4) is 0 Å². The fraction of sp³-hybridized carbons (Fsp3) is 0.350. The molecule has 0 aliphatic rings. The molecular formula is C20H23N3O4S. The predicted octanol–water partition coefficient (Wildman–Crippen LogP) is 2.78. The zero-order valence-corrected chi connectivity index (χ0v) is 17.0. The molecule has 0 aliphatic heterocycles. The number of rotatable bonds is 8.